The number of rotatable bonds is 3. The Morgan fingerprint density at radius 1 is 1.24 bits per heavy atom. The van der Waals surface area contributed by atoms with Crippen LogP contribution in [0.25, 0.3) is 0 Å². The summed E-state index contributed by atoms with van der Waals surface area (Å²) in [4.78, 5) is 12.2. The van der Waals surface area contributed by atoms with E-state index in [1.807, 2.05) is 6.20 Å². The quantitative estimate of drug-likeness (QED) is 0.890. The summed E-state index contributed by atoms with van der Waals surface area (Å²) < 4.78 is 0. The number of thiazole rings is 1. The largest absolute Gasteiger partial charge is 0.346 e. The number of fused-ring (bicyclic) bond motifs is 2. The molecule has 0 spiro atoms. The van der Waals surface area contributed by atoms with E-state index in [0.29, 0.717) is 0 Å². The first-order valence-corrected chi connectivity index (χ1v) is 9.02. The Hall–Kier alpha value is -0.690. The van der Waals surface area contributed by atoms with Gasteiger partial charge in [-0.15, -0.1) is 11.3 Å². The molecule has 0 saturated carbocycles. The van der Waals surface area contributed by atoms with Gasteiger partial charge in [-0.25, -0.2) is 4.98 Å². The van der Waals surface area contributed by atoms with Crippen LogP contribution < -0.4 is 10.6 Å². The minimum Gasteiger partial charge on any atom is -0.346 e. The van der Waals surface area contributed by atoms with Gasteiger partial charge in [-0.05, 0) is 31.8 Å². The first kappa shape index (κ1) is 13.9. The number of piperazine rings is 1. The summed E-state index contributed by atoms with van der Waals surface area (Å²) in [5.41, 5.74) is 6.56. The highest BCUT2D eigenvalue weighted by Crippen LogP contribution is 2.40. The van der Waals surface area contributed by atoms with Gasteiger partial charge in [-0.3, -0.25) is 4.90 Å². The first-order chi connectivity index (χ1) is 10.3. The molecular weight excluding hydrogens is 282 g/mol. The number of hydrogen-bond donors (Lipinski definition) is 1. The molecule has 5 nitrogen and oxygen atoms in total. The van der Waals surface area contributed by atoms with Crippen LogP contribution in [-0.4, -0.2) is 72.7 Å². The normalized spacial score (nSPS) is 37.1. The topological polar surface area (TPSA) is 48.6 Å². The van der Waals surface area contributed by atoms with E-state index in [2.05, 4.69) is 25.1 Å². The molecule has 3 aliphatic rings. The summed E-state index contributed by atoms with van der Waals surface area (Å²) >= 11 is 1.75. The van der Waals surface area contributed by atoms with Crippen LogP contribution in [0.4, 0.5) is 5.13 Å². The van der Waals surface area contributed by atoms with Crippen LogP contribution >= 0.6 is 11.3 Å². The Labute approximate surface area is 130 Å². The summed E-state index contributed by atoms with van der Waals surface area (Å²) in [6.07, 6.45) is 4.50. The molecule has 0 aromatic carbocycles. The fraction of sp³-hybridized carbons (Fsp3) is 0.800. The second kappa shape index (κ2) is 5.50. The number of aromatic nitrogens is 1. The molecule has 4 rings (SSSR count). The maximum atomic E-state index is 6.30. The van der Waals surface area contributed by atoms with Crippen LogP contribution in [0.5, 0.6) is 0 Å². The van der Waals surface area contributed by atoms with E-state index in [0.717, 1.165) is 38.6 Å². The molecule has 2 N–H and O–H groups in total. The number of nitrogens with zero attached hydrogens (tertiary/aromatic N) is 4. The molecule has 116 valence electrons. The second-order valence-electron chi connectivity index (χ2n) is 6.63. The van der Waals surface area contributed by atoms with Crippen LogP contribution in [0.2, 0.25) is 0 Å². The lowest BCUT2D eigenvalue weighted by molar-refractivity contribution is 0.00417. The molecule has 3 unspecified atom stereocenters. The van der Waals surface area contributed by atoms with Gasteiger partial charge in [0.05, 0.1) is 0 Å². The molecule has 1 aromatic heterocycles. The van der Waals surface area contributed by atoms with E-state index in [-0.39, 0.29) is 5.54 Å². The molecule has 2 bridgehead atoms. The molecule has 3 atom stereocenters. The average Bonchev–Trinajstić information content (AvgIpc) is 3.19. The van der Waals surface area contributed by atoms with E-state index in [1.165, 1.54) is 37.6 Å². The van der Waals surface area contributed by atoms with E-state index < -0.39 is 0 Å². The first-order valence-electron chi connectivity index (χ1n) is 8.14. The fourth-order valence-electron chi connectivity index (χ4n) is 4.56. The standard InChI is InChI=1S/C15H25N5S/c16-12-15(2-5-18-4-1-13(15)11-18)20-8-6-19(7-9-20)14-17-3-10-21-14/h3,10,13H,1-2,4-9,11-12,16H2. The monoisotopic (exact) mass is 307 g/mol. The highest BCUT2D eigenvalue weighted by Gasteiger charge is 2.49. The van der Waals surface area contributed by atoms with Gasteiger partial charge in [0.2, 0.25) is 0 Å². The van der Waals surface area contributed by atoms with Crippen LogP contribution in [0.1, 0.15) is 12.8 Å². The molecule has 0 radical (unpaired) electrons. The zero-order valence-electron chi connectivity index (χ0n) is 12.6. The van der Waals surface area contributed by atoms with E-state index >= 15 is 0 Å². The molecule has 1 aromatic rings. The molecule has 0 amide bonds. The van der Waals surface area contributed by atoms with Crippen molar-refractivity contribution in [3.63, 3.8) is 0 Å². The Balaban J connectivity index is 1.47. The lowest BCUT2D eigenvalue weighted by Crippen LogP contribution is -2.66. The Morgan fingerprint density at radius 2 is 2.10 bits per heavy atom. The zero-order chi connectivity index (χ0) is 14.3. The van der Waals surface area contributed by atoms with Crippen molar-refractivity contribution in [1.29, 1.82) is 0 Å². The van der Waals surface area contributed by atoms with Gasteiger partial charge in [-0.2, -0.15) is 0 Å². The molecule has 3 aliphatic heterocycles. The highest BCUT2D eigenvalue weighted by molar-refractivity contribution is 7.13. The lowest BCUT2D eigenvalue weighted by Gasteiger charge is -2.52. The molecule has 6 heteroatoms. The zero-order valence-corrected chi connectivity index (χ0v) is 13.4. The number of piperidine rings is 1. The van der Waals surface area contributed by atoms with Gasteiger partial charge < -0.3 is 15.5 Å². The number of hydrogen-bond acceptors (Lipinski definition) is 6. The fourth-order valence-corrected chi connectivity index (χ4v) is 5.26. The predicted molar refractivity (Wildman–Crippen MR) is 86.8 cm³/mol. The molecule has 3 fully saturated rings. The van der Waals surface area contributed by atoms with Gasteiger partial charge in [0.25, 0.3) is 0 Å². The SMILES string of the molecule is NCC1(N2CCN(c3nccs3)CC2)CCN2CCC1C2. The maximum Gasteiger partial charge on any atom is 0.185 e. The van der Waals surface area contributed by atoms with Gasteiger partial charge in [0.1, 0.15) is 0 Å². The maximum absolute atomic E-state index is 6.30. The van der Waals surface area contributed by atoms with Crippen molar-refractivity contribution < 1.29 is 0 Å². The van der Waals surface area contributed by atoms with Crippen LogP contribution in [0.15, 0.2) is 11.6 Å². The summed E-state index contributed by atoms with van der Waals surface area (Å²) in [6, 6.07) is 0. The van der Waals surface area contributed by atoms with Gasteiger partial charge in [0, 0.05) is 56.4 Å². The molecule has 0 aliphatic carbocycles. The van der Waals surface area contributed by atoms with Gasteiger partial charge in [0.15, 0.2) is 5.13 Å². The Bertz CT molecular complexity index is 470. The molecule has 4 heterocycles. The number of nitrogens with two attached hydrogens (primary N) is 1. The third-order valence-corrected chi connectivity index (χ3v) is 6.68. The van der Waals surface area contributed by atoms with Crippen LogP contribution in [-0.2, 0) is 0 Å². The Morgan fingerprint density at radius 3 is 2.81 bits per heavy atom. The minimum absolute atomic E-state index is 0.266. The van der Waals surface area contributed by atoms with Crippen molar-refractivity contribution in [2.45, 2.75) is 18.4 Å². The summed E-state index contributed by atoms with van der Waals surface area (Å²) in [6.45, 7) is 9.05. The van der Waals surface area contributed by atoms with Gasteiger partial charge >= 0.3 is 0 Å². The number of anilines is 1. The van der Waals surface area contributed by atoms with E-state index in [4.69, 9.17) is 5.73 Å². The summed E-state index contributed by atoms with van der Waals surface area (Å²) in [7, 11) is 0. The van der Waals surface area contributed by atoms with Crippen molar-refractivity contribution in [2.75, 3.05) is 57.3 Å². The van der Waals surface area contributed by atoms with E-state index in [9.17, 15) is 0 Å². The smallest absolute Gasteiger partial charge is 0.185 e. The summed E-state index contributed by atoms with van der Waals surface area (Å²) in [5.74, 6) is 0.780. The minimum atomic E-state index is 0.266. The van der Waals surface area contributed by atoms with Crippen molar-refractivity contribution in [3.8, 4) is 0 Å². The third-order valence-electron chi connectivity index (χ3n) is 5.85. The highest BCUT2D eigenvalue weighted by atomic mass is 32.1. The predicted octanol–water partition coefficient (Wildman–Crippen LogP) is 0.688. The van der Waals surface area contributed by atoms with E-state index in [1.54, 1.807) is 11.3 Å². The third kappa shape index (κ3) is 2.29. The van der Waals surface area contributed by atoms with Crippen molar-refractivity contribution in [2.24, 2.45) is 11.7 Å². The van der Waals surface area contributed by atoms with Crippen molar-refractivity contribution >= 4 is 16.5 Å². The van der Waals surface area contributed by atoms with Crippen LogP contribution in [0.3, 0.4) is 0 Å². The van der Waals surface area contributed by atoms with Crippen LogP contribution in [0, 0.1) is 5.92 Å². The lowest BCUT2D eigenvalue weighted by atomic mass is 9.77. The average molecular weight is 307 g/mol. The molecular formula is C15H25N5S. The molecule has 3 saturated heterocycles. The van der Waals surface area contributed by atoms with Crippen molar-refractivity contribution in [3.05, 3.63) is 11.6 Å². The van der Waals surface area contributed by atoms with Crippen molar-refractivity contribution in [1.82, 2.24) is 14.8 Å². The van der Waals surface area contributed by atoms with Gasteiger partial charge in [-0.1, -0.05) is 0 Å². The summed E-state index contributed by atoms with van der Waals surface area (Å²) in [5, 5.41) is 3.24. The molecule has 21 heavy (non-hydrogen) atoms. The Kier molecular flexibility index (Phi) is 3.65. The second-order valence-corrected chi connectivity index (χ2v) is 7.51.